The van der Waals surface area contributed by atoms with Crippen LogP contribution in [0.4, 0.5) is 10.1 Å². The van der Waals surface area contributed by atoms with E-state index in [-0.39, 0.29) is 5.56 Å². The number of hydrogen-bond donors (Lipinski definition) is 0. The minimum Gasteiger partial charge on any atom is -0.371 e. The monoisotopic (exact) mass is 260 g/mol. The van der Waals surface area contributed by atoms with Gasteiger partial charge in [-0.3, -0.25) is 9.69 Å². The van der Waals surface area contributed by atoms with Gasteiger partial charge < -0.3 is 4.90 Å². The molecule has 0 aromatic heterocycles. The van der Waals surface area contributed by atoms with Crippen LogP contribution in [0.5, 0.6) is 0 Å². The zero-order valence-electron chi connectivity index (χ0n) is 10.8. The van der Waals surface area contributed by atoms with Crippen molar-refractivity contribution in [1.82, 2.24) is 4.90 Å². The number of anilines is 1. The molecule has 3 fully saturated rings. The van der Waals surface area contributed by atoms with Crippen molar-refractivity contribution in [2.75, 3.05) is 31.1 Å². The number of carbonyl (C=O) groups excluding carboxylic acids is 1. The van der Waals surface area contributed by atoms with Crippen molar-refractivity contribution in [3.63, 3.8) is 0 Å². The molecular weight excluding hydrogens is 243 g/mol. The molecule has 2 heterocycles. The van der Waals surface area contributed by atoms with E-state index in [1.165, 1.54) is 32.0 Å². The Morgan fingerprint density at radius 2 is 2.16 bits per heavy atom. The summed E-state index contributed by atoms with van der Waals surface area (Å²) in [5, 5.41) is 0. The van der Waals surface area contributed by atoms with Crippen LogP contribution in [0, 0.1) is 11.2 Å². The third-order valence-electron chi connectivity index (χ3n) is 4.93. The Bertz CT molecular complexity index is 543. The zero-order valence-corrected chi connectivity index (χ0v) is 10.8. The van der Waals surface area contributed by atoms with E-state index in [2.05, 4.69) is 9.80 Å². The number of carbonyl (C=O) groups is 1. The Morgan fingerprint density at radius 1 is 1.32 bits per heavy atom. The Labute approximate surface area is 112 Å². The van der Waals surface area contributed by atoms with E-state index in [0.29, 0.717) is 11.7 Å². The Balaban J connectivity index is 1.51. The van der Waals surface area contributed by atoms with Gasteiger partial charge in [0, 0.05) is 43.3 Å². The fourth-order valence-electron chi connectivity index (χ4n) is 3.58. The van der Waals surface area contributed by atoms with E-state index < -0.39 is 5.82 Å². The SMILES string of the molecule is O=Cc1ccc(N2CCC3(CC3N3CC3)C2)cc1F. The van der Waals surface area contributed by atoms with Gasteiger partial charge in [0.2, 0.25) is 0 Å². The highest BCUT2D eigenvalue weighted by molar-refractivity contribution is 5.76. The zero-order chi connectivity index (χ0) is 13.0. The number of hydrogen-bond acceptors (Lipinski definition) is 3. The molecule has 2 aliphatic heterocycles. The molecule has 1 saturated carbocycles. The third kappa shape index (κ3) is 1.77. The first-order valence-electron chi connectivity index (χ1n) is 6.96. The van der Waals surface area contributed by atoms with Gasteiger partial charge >= 0.3 is 0 Å². The topological polar surface area (TPSA) is 23.3 Å². The number of halogens is 1. The number of rotatable bonds is 3. The van der Waals surface area contributed by atoms with Crippen molar-refractivity contribution in [3.8, 4) is 0 Å². The fraction of sp³-hybridized carbons (Fsp3) is 0.533. The Morgan fingerprint density at radius 3 is 2.84 bits per heavy atom. The quantitative estimate of drug-likeness (QED) is 0.613. The predicted molar refractivity (Wildman–Crippen MR) is 71.0 cm³/mol. The lowest BCUT2D eigenvalue weighted by Gasteiger charge is -2.19. The average Bonchev–Trinajstić information content (AvgIpc) is 3.27. The molecule has 100 valence electrons. The van der Waals surface area contributed by atoms with Crippen molar-refractivity contribution >= 4 is 12.0 Å². The maximum absolute atomic E-state index is 13.7. The van der Waals surface area contributed by atoms with Crippen molar-refractivity contribution in [3.05, 3.63) is 29.6 Å². The molecule has 1 aromatic rings. The van der Waals surface area contributed by atoms with E-state index in [4.69, 9.17) is 0 Å². The van der Waals surface area contributed by atoms with Gasteiger partial charge in [-0.1, -0.05) is 0 Å². The minimum atomic E-state index is -0.410. The van der Waals surface area contributed by atoms with Crippen LogP contribution in [-0.2, 0) is 0 Å². The summed E-state index contributed by atoms with van der Waals surface area (Å²) in [6.45, 7) is 4.56. The summed E-state index contributed by atoms with van der Waals surface area (Å²) in [7, 11) is 0. The van der Waals surface area contributed by atoms with Crippen LogP contribution in [0.3, 0.4) is 0 Å². The van der Waals surface area contributed by atoms with E-state index in [9.17, 15) is 9.18 Å². The maximum Gasteiger partial charge on any atom is 0.152 e. The van der Waals surface area contributed by atoms with Gasteiger partial charge in [0.05, 0.1) is 5.56 Å². The molecule has 3 aliphatic rings. The van der Waals surface area contributed by atoms with E-state index in [1.54, 1.807) is 6.07 Å². The summed E-state index contributed by atoms with van der Waals surface area (Å²) < 4.78 is 13.7. The first-order valence-corrected chi connectivity index (χ1v) is 6.96. The molecule has 1 aromatic carbocycles. The lowest BCUT2D eigenvalue weighted by atomic mass is 10.1. The van der Waals surface area contributed by atoms with Crippen molar-refractivity contribution in [2.45, 2.75) is 18.9 Å². The molecular formula is C15H17FN2O. The maximum atomic E-state index is 13.7. The molecule has 4 heteroatoms. The molecule has 0 bridgehead atoms. The highest BCUT2D eigenvalue weighted by Gasteiger charge is 2.61. The molecule has 1 aliphatic carbocycles. The summed E-state index contributed by atoms with van der Waals surface area (Å²) in [5.41, 5.74) is 1.53. The lowest BCUT2D eigenvalue weighted by Crippen LogP contribution is -2.22. The summed E-state index contributed by atoms with van der Waals surface area (Å²) >= 11 is 0. The van der Waals surface area contributed by atoms with Gasteiger partial charge in [-0.25, -0.2) is 4.39 Å². The largest absolute Gasteiger partial charge is 0.371 e. The molecule has 2 unspecified atom stereocenters. The van der Waals surface area contributed by atoms with E-state index >= 15 is 0 Å². The molecule has 4 rings (SSSR count). The summed E-state index contributed by atoms with van der Waals surface area (Å²) in [6.07, 6.45) is 3.09. The molecule has 2 atom stereocenters. The number of aldehydes is 1. The Kier molecular flexibility index (Phi) is 2.28. The molecule has 0 N–H and O–H groups in total. The molecule has 1 spiro atoms. The first kappa shape index (κ1) is 11.4. The number of nitrogens with zero attached hydrogens (tertiary/aromatic N) is 2. The minimum absolute atomic E-state index is 0.144. The van der Waals surface area contributed by atoms with Crippen molar-refractivity contribution < 1.29 is 9.18 Å². The third-order valence-corrected chi connectivity index (χ3v) is 4.93. The lowest BCUT2D eigenvalue weighted by molar-refractivity contribution is 0.112. The van der Waals surface area contributed by atoms with Crippen LogP contribution in [0.25, 0.3) is 0 Å². The van der Waals surface area contributed by atoms with Crippen LogP contribution in [0.2, 0.25) is 0 Å². The molecule has 0 radical (unpaired) electrons. The standard InChI is InChI=1S/C15H17FN2O/c16-13-7-12(2-1-11(13)9-19)18-4-3-15(10-18)8-14(15)17-5-6-17/h1-2,7,9,14H,3-6,8,10H2. The molecule has 2 saturated heterocycles. The normalized spacial score (nSPS) is 32.9. The van der Waals surface area contributed by atoms with Gasteiger partial charge in [0.25, 0.3) is 0 Å². The van der Waals surface area contributed by atoms with Gasteiger partial charge in [0.1, 0.15) is 5.82 Å². The van der Waals surface area contributed by atoms with Crippen LogP contribution in [0.1, 0.15) is 23.2 Å². The average molecular weight is 260 g/mol. The van der Waals surface area contributed by atoms with Crippen molar-refractivity contribution in [1.29, 1.82) is 0 Å². The molecule has 3 nitrogen and oxygen atoms in total. The molecule has 0 amide bonds. The highest BCUT2D eigenvalue weighted by Crippen LogP contribution is 2.57. The van der Waals surface area contributed by atoms with E-state index in [1.807, 2.05) is 6.07 Å². The van der Waals surface area contributed by atoms with Gasteiger partial charge in [0.15, 0.2) is 6.29 Å². The van der Waals surface area contributed by atoms with Crippen LogP contribution >= 0.6 is 0 Å². The van der Waals surface area contributed by atoms with Crippen LogP contribution in [-0.4, -0.2) is 43.4 Å². The predicted octanol–water partition coefficient (Wildman–Crippen LogP) is 1.92. The van der Waals surface area contributed by atoms with Crippen molar-refractivity contribution in [2.24, 2.45) is 5.41 Å². The Hall–Kier alpha value is -1.42. The first-order chi connectivity index (χ1) is 9.22. The van der Waals surface area contributed by atoms with Gasteiger partial charge in [-0.15, -0.1) is 0 Å². The van der Waals surface area contributed by atoms with Crippen LogP contribution in [0.15, 0.2) is 18.2 Å². The second-order valence-corrected chi connectivity index (χ2v) is 6.11. The number of benzene rings is 1. The second-order valence-electron chi connectivity index (χ2n) is 6.11. The summed E-state index contributed by atoms with van der Waals surface area (Å²) in [6, 6.07) is 5.71. The van der Waals surface area contributed by atoms with Gasteiger partial charge in [-0.05, 0) is 31.0 Å². The second kappa shape index (κ2) is 3.79. The smallest absolute Gasteiger partial charge is 0.152 e. The summed E-state index contributed by atoms with van der Waals surface area (Å²) in [4.78, 5) is 15.4. The highest BCUT2D eigenvalue weighted by atomic mass is 19.1. The summed E-state index contributed by atoms with van der Waals surface area (Å²) in [5.74, 6) is -0.410. The van der Waals surface area contributed by atoms with Crippen LogP contribution < -0.4 is 4.90 Å². The van der Waals surface area contributed by atoms with Gasteiger partial charge in [-0.2, -0.15) is 0 Å². The molecule has 19 heavy (non-hydrogen) atoms. The fourth-order valence-corrected chi connectivity index (χ4v) is 3.58. The van der Waals surface area contributed by atoms with E-state index in [0.717, 1.165) is 24.8 Å².